The van der Waals surface area contributed by atoms with Crippen LogP contribution in [0.4, 0.5) is 0 Å². The number of aromatic nitrogens is 6. The molecule has 0 N–H and O–H groups in total. The normalized spacial score (nSPS) is 19.2. The number of benzene rings is 3. The van der Waals surface area contributed by atoms with Crippen LogP contribution in [0, 0.1) is 12.5 Å². The summed E-state index contributed by atoms with van der Waals surface area (Å²) in [7, 11) is 1.69. The maximum absolute atomic E-state index is 7.42. The highest BCUT2D eigenvalue weighted by Crippen LogP contribution is 2.52. The lowest BCUT2D eigenvalue weighted by Gasteiger charge is -2.39. The first kappa shape index (κ1) is 40.2. The van der Waals surface area contributed by atoms with E-state index in [-0.39, 0.29) is 37.8 Å². The van der Waals surface area contributed by atoms with Crippen molar-refractivity contribution in [3.8, 4) is 11.5 Å². The van der Waals surface area contributed by atoms with Crippen LogP contribution in [0.25, 0.3) is 21.7 Å². The van der Waals surface area contributed by atoms with Crippen molar-refractivity contribution in [2.75, 3.05) is 34.0 Å². The molecule has 3 aromatic carbocycles. The minimum Gasteiger partial charge on any atom is -0.497 e. The van der Waals surface area contributed by atoms with Crippen molar-refractivity contribution in [1.82, 2.24) is 33.8 Å². The van der Waals surface area contributed by atoms with Crippen molar-refractivity contribution >= 4 is 25.3 Å². The fourth-order valence-electron chi connectivity index (χ4n) is 7.61. The van der Waals surface area contributed by atoms with Gasteiger partial charge in [-0.05, 0) is 68.7 Å². The summed E-state index contributed by atoms with van der Waals surface area (Å²) in [4.78, 5) is 17.4. The topological polar surface area (TPSA) is 124 Å². The quantitative estimate of drug-likeness (QED) is 0.0391. The lowest BCUT2D eigenvalue weighted by Crippen LogP contribution is -2.40. The Labute approximate surface area is 334 Å². The van der Waals surface area contributed by atoms with Gasteiger partial charge in [-0.15, -0.1) is 0 Å². The van der Waals surface area contributed by atoms with Gasteiger partial charge in [-0.25, -0.2) is 30.7 Å². The van der Waals surface area contributed by atoms with Crippen LogP contribution >= 0.6 is 8.53 Å². The summed E-state index contributed by atoms with van der Waals surface area (Å²) in [5.74, 6) is 1.24. The minimum atomic E-state index is -1.62. The van der Waals surface area contributed by atoms with E-state index in [1.807, 2.05) is 71.3 Å². The first-order valence-electron chi connectivity index (χ1n) is 19.1. The van der Waals surface area contributed by atoms with Crippen LogP contribution in [-0.2, 0) is 24.1 Å². The van der Waals surface area contributed by atoms with E-state index in [4.69, 9.17) is 44.5 Å². The molecule has 1 fully saturated rings. The second kappa shape index (κ2) is 17.6. The highest BCUT2D eigenvalue weighted by molar-refractivity contribution is 7.44. The van der Waals surface area contributed by atoms with Gasteiger partial charge in [0.1, 0.15) is 54.8 Å². The van der Waals surface area contributed by atoms with Crippen molar-refractivity contribution < 1.29 is 28.0 Å². The number of fused-ring (bicyclic) bond motifs is 3. The van der Waals surface area contributed by atoms with Crippen molar-refractivity contribution in [3.63, 3.8) is 0 Å². The Hall–Kier alpha value is -5.00. The van der Waals surface area contributed by atoms with E-state index in [1.54, 1.807) is 31.4 Å². The fourth-order valence-corrected chi connectivity index (χ4v) is 9.44. The molecule has 0 amide bonds. The van der Waals surface area contributed by atoms with Crippen LogP contribution in [-0.4, -0.2) is 92.1 Å². The second-order valence-electron chi connectivity index (χ2n) is 14.4. The lowest BCUT2D eigenvalue weighted by atomic mass is 9.80. The maximum atomic E-state index is 7.42. The highest BCUT2D eigenvalue weighted by Gasteiger charge is 2.49. The third-order valence-corrected chi connectivity index (χ3v) is 12.4. The molecule has 14 nitrogen and oxygen atoms in total. The van der Waals surface area contributed by atoms with Crippen LogP contribution in [0.5, 0.6) is 11.5 Å². The third kappa shape index (κ3) is 7.96. The van der Waals surface area contributed by atoms with E-state index >= 15 is 0 Å². The molecule has 0 saturated carbocycles. The molecule has 298 valence electrons. The molecule has 4 heterocycles. The van der Waals surface area contributed by atoms with Gasteiger partial charge in [-0.1, -0.05) is 61.5 Å². The summed E-state index contributed by atoms with van der Waals surface area (Å²) in [6.45, 7) is 18.6. The zero-order valence-electron chi connectivity index (χ0n) is 33.3. The Balaban J connectivity index is 1.33. The van der Waals surface area contributed by atoms with Gasteiger partial charge < -0.3 is 32.8 Å². The number of methoxy groups -OCH3 is 2. The number of hydrogen-bond donors (Lipinski definition) is 0. The first-order valence-corrected chi connectivity index (χ1v) is 20.2. The van der Waals surface area contributed by atoms with Crippen molar-refractivity contribution in [3.05, 3.63) is 126 Å². The van der Waals surface area contributed by atoms with Gasteiger partial charge in [-0.3, -0.25) is 4.57 Å². The molecule has 57 heavy (non-hydrogen) atoms. The van der Waals surface area contributed by atoms with Gasteiger partial charge >= 0.3 is 0 Å². The molecule has 1 aliphatic rings. The summed E-state index contributed by atoms with van der Waals surface area (Å²) in [6, 6.07) is 26.3. The molecule has 1 saturated heterocycles. The number of nitrogens with zero attached hydrogens (tertiary/aromatic N) is 8. The van der Waals surface area contributed by atoms with Crippen LogP contribution in [0.15, 0.2) is 97.8 Å². The van der Waals surface area contributed by atoms with Crippen LogP contribution in [0.3, 0.4) is 0 Å². The number of rotatable bonds is 17. The lowest BCUT2D eigenvalue weighted by molar-refractivity contribution is -0.0916. The van der Waals surface area contributed by atoms with Crippen LogP contribution in [0.1, 0.15) is 57.5 Å². The Morgan fingerprint density at radius 1 is 0.842 bits per heavy atom. The van der Waals surface area contributed by atoms with Gasteiger partial charge in [0.15, 0.2) is 16.8 Å². The van der Waals surface area contributed by atoms with E-state index in [0.29, 0.717) is 16.8 Å². The molecule has 5 atom stereocenters. The molecule has 0 aliphatic carbocycles. The third-order valence-electron chi connectivity index (χ3n) is 10.3. The molecule has 0 spiro atoms. The Bertz CT molecular complexity index is 2200. The largest absolute Gasteiger partial charge is 0.497 e. The summed E-state index contributed by atoms with van der Waals surface area (Å²) in [5.41, 5.74) is 3.47. The molecule has 15 heteroatoms. The predicted molar refractivity (Wildman–Crippen MR) is 217 cm³/mol. The molecule has 0 bridgehead atoms. The van der Waals surface area contributed by atoms with Crippen molar-refractivity contribution in [2.24, 2.45) is 5.92 Å². The molecule has 6 aromatic rings. The molecule has 7 rings (SSSR count). The summed E-state index contributed by atoms with van der Waals surface area (Å²) in [6.07, 6.45) is 3.21. The van der Waals surface area contributed by atoms with E-state index in [1.165, 1.54) is 6.33 Å². The zero-order chi connectivity index (χ0) is 40.1. The van der Waals surface area contributed by atoms with E-state index in [2.05, 4.69) is 66.3 Å². The summed E-state index contributed by atoms with van der Waals surface area (Å²) >= 11 is 0. The summed E-state index contributed by atoms with van der Waals surface area (Å²) < 4.78 is 45.0. The number of hydrogen-bond acceptors (Lipinski definition) is 11. The smallest absolute Gasteiger partial charge is 0.259 e. The molecular formula is C42H49N8O6P. The van der Waals surface area contributed by atoms with Crippen LogP contribution in [0.2, 0.25) is 0 Å². The minimum absolute atomic E-state index is 0.107. The maximum Gasteiger partial charge on any atom is 0.259 e. The fraction of sp³-hybridized carbons (Fsp3) is 0.405. The average Bonchev–Trinajstić information content (AvgIpc) is 3.96. The standard InChI is InChI=1S/C42H49N8O6P/c1-28(2)50(29(3)4)57(54-23-22-43-6)56-38-30(5)41(48-26-45-37-39(48)46-27-49-40(37)44-25-47-49)55-36(38)24-53-42(31-12-10-9-11-13-31,32-14-18-34(51-7)19-15-32)33-16-20-35(52-8)21-17-33/h9-21,25-30,36,38,41H,22-24H2,1-5,7-8H3/t30-,36-,38+,41-,57?/m1/s1. The Morgan fingerprint density at radius 3 is 2.07 bits per heavy atom. The zero-order valence-corrected chi connectivity index (χ0v) is 34.2. The van der Waals surface area contributed by atoms with Gasteiger partial charge in [0.25, 0.3) is 8.53 Å². The van der Waals surface area contributed by atoms with E-state index in [0.717, 1.165) is 28.2 Å². The monoisotopic (exact) mass is 792 g/mol. The molecule has 0 radical (unpaired) electrons. The van der Waals surface area contributed by atoms with Gasteiger partial charge in [0, 0.05) is 18.0 Å². The first-order chi connectivity index (χ1) is 27.7. The number of imidazole rings is 1. The Morgan fingerprint density at radius 2 is 1.47 bits per heavy atom. The molecule has 1 aliphatic heterocycles. The van der Waals surface area contributed by atoms with E-state index in [9.17, 15) is 0 Å². The van der Waals surface area contributed by atoms with Crippen LogP contribution < -0.4 is 9.47 Å². The van der Waals surface area contributed by atoms with Crippen molar-refractivity contribution in [1.29, 1.82) is 0 Å². The van der Waals surface area contributed by atoms with E-state index < -0.39 is 32.6 Å². The molecule has 1 unspecified atom stereocenters. The highest BCUT2D eigenvalue weighted by atomic mass is 31.2. The predicted octanol–water partition coefficient (Wildman–Crippen LogP) is 7.70. The number of ether oxygens (including phenoxy) is 4. The second-order valence-corrected chi connectivity index (χ2v) is 15.8. The summed E-state index contributed by atoms with van der Waals surface area (Å²) in [5, 5.41) is 4.24. The molecule has 3 aromatic heterocycles. The average molecular weight is 793 g/mol. The molecular weight excluding hydrogens is 743 g/mol. The van der Waals surface area contributed by atoms with Crippen molar-refractivity contribution in [2.45, 2.75) is 70.7 Å². The van der Waals surface area contributed by atoms with Gasteiger partial charge in [0.2, 0.25) is 6.54 Å². The SMILES string of the molecule is [C-]#[N+]CCOP(O[C@H]1[C@@H](C)[C@H](n2cnc3c2ncn2ncnc32)O[C@@H]1COC(c1ccccc1)(c1ccc(OC)cc1)c1ccc(OC)cc1)N(C(C)C)C(C)C. The van der Waals surface area contributed by atoms with Gasteiger partial charge in [-0.2, -0.15) is 5.10 Å². The van der Waals surface area contributed by atoms with Gasteiger partial charge in [0.05, 0.1) is 27.2 Å². The Kier molecular flexibility index (Phi) is 12.4.